The number of carbonyl (C=O) groups is 4. The van der Waals surface area contributed by atoms with Gasteiger partial charge in [0.15, 0.2) is 12.2 Å². The van der Waals surface area contributed by atoms with Crippen LogP contribution in [0.15, 0.2) is 0 Å². The Kier molecular flexibility index (Phi) is 76.0. The third-order valence-corrected chi connectivity index (χ3v) is 22.5. The Labute approximate surface area is 645 Å². The highest BCUT2D eigenvalue weighted by Crippen LogP contribution is 2.45. The van der Waals surface area contributed by atoms with E-state index >= 15 is 0 Å². The van der Waals surface area contributed by atoms with Gasteiger partial charge >= 0.3 is 39.5 Å². The largest absolute Gasteiger partial charge is 0.472 e. The van der Waals surface area contributed by atoms with E-state index in [4.69, 9.17) is 37.0 Å². The van der Waals surface area contributed by atoms with Crippen LogP contribution in [0.3, 0.4) is 0 Å². The predicted molar refractivity (Wildman–Crippen MR) is 432 cm³/mol. The van der Waals surface area contributed by atoms with Crippen LogP contribution in [0.1, 0.15) is 459 Å². The third kappa shape index (κ3) is 78.5. The molecular weight excluding hydrogens is 1370 g/mol. The Bertz CT molecular complexity index is 2010. The number of rotatable bonds is 85. The van der Waals surface area contributed by atoms with Crippen LogP contribution in [-0.2, 0) is 65.4 Å². The van der Waals surface area contributed by atoms with Crippen molar-refractivity contribution < 1.29 is 80.2 Å². The number of phosphoric acid groups is 2. The number of hydrogen-bond donors (Lipinski definition) is 3. The van der Waals surface area contributed by atoms with Crippen molar-refractivity contribution in [1.82, 2.24) is 0 Å². The van der Waals surface area contributed by atoms with Crippen molar-refractivity contribution in [2.24, 2.45) is 11.8 Å². The van der Waals surface area contributed by atoms with E-state index in [1.807, 2.05) is 0 Å². The summed E-state index contributed by atoms with van der Waals surface area (Å²) in [6.07, 6.45) is 69.8. The maximum absolute atomic E-state index is 13.1. The lowest BCUT2D eigenvalue weighted by atomic mass is 9.99. The maximum atomic E-state index is 13.1. The number of ether oxygens (including phenoxy) is 4. The molecule has 0 fully saturated rings. The molecule has 0 aromatic rings. The van der Waals surface area contributed by atoms with Crippen molar-refractivity contribution in [3.05, 3.63) is 0 Å². The molecule has 0 spiro atoms. The Balaban J connectivity index is 5.15. The molecule has 0 aliphatic carbocycles. The zero-order valence-corrected chi connectivity index (χ0v) is 70.8. The number of phosphoric ester groups is 2. The first kappa shape index (κ1) is 103. The van der Waals surface area contributed by atoms with Crippen LogP contribution in [0.25, 0.3) is 0 Å². The molecule has 0 aromatic heterocycles. The second-order valence-electron chi connectivity index (χ2n) is 31.6. The normalized spacial score (nSPS) is 14.1. The molecule has 0 saturated carbocycles. The molecule has 624 valence electrons. The van der Waals surface area contributed by atoms with Gasteiger partial charge in [0, 0.05) is 25.7 Å². The first-order chi connectivity index (χ1) is 50.9. The molecular formula is C86H168O17P2. The molecule has 0 aromatic carbocycles. The number of aliphatic hydroxyl groups excluding tert-OH is 1. The summed E-state index contributed by atoms with van der Waals surface area (Å²) in [6, 6.07) is 0. The lowest BCUT2D eigenvalue weighted by Crippen LogP contribution is -2.30. The van der Waals surface area contributed by atoms with Crippen LogP contribution >= 0.6 is 15.6 Å². The monoisotopic (exact) mass is 1540 g/mol. The zero-order chi connectivity index (χ0) is 77.1. The number of aliphatic hydroxyl groups is 1. The van der Waals surface area contributed by atoms with Gasteiger partial charge < -0.3 is 33.8 Å². The van der Waals surface area contributed by atoms with Crippen LogP contribution < -0.4 is 0 Å². The van der Waals surface area contributed by atoms with Gasteiger partial charge in [-0.05, 0) is 37.5 Å². The van der Waals surface area contributed by atoms with Crippen molar-refractivity contribution in [2.45, 2.75) is 477 Å². The number of unbranched alkanes of at least 4 members (excludes halogenated alkanes) is 54. The van der Waals surface area contributed by atoms with E-state index in [9.17, 15) is 43.2 Å². The lowest BCUT2D eigenvalue weighted by Gasteiger charge is -2.21. The van der Waals surface area contributed by atoms with Gasteiger partial charge in [-0.25, -0.2) is 9.13 Å². The summed E-state index contributed by atoms with van der Waals surface area (Å²) in [4.78, 5) is 73.0. The van der Waals surface area contributed by atoms with Crippen LogP contribution in [-0.4, -0.2) is 96.7 Å². The molecule has 17 nitrogen and oxygen atoms in total. The molecule has 0 rings (SSSR count). The lowest BCUT2D eigenvalue weighted by molar-refractivity contribution is -0.161. The predicted octanol–water partition coefficient (Wildman–Crippen LogP) is 26.2. The molecule has 0 aliphatic rings. The van der Waals surface area contributed by atoms with E-state index in [1.165, 1.54) is 263 Å². The molecule has 3 unspecified atom stereocenters. The number of hydrogen-bond acceptors (Lipinski definition) is 15. The van der Waals surface area contributed by atoms with Gasteiger partial charge in [-0.3, -0.25) is 37.3 Å². The first-order valence-corrected chi connectivity index (χ1v) is 47.5. The summed E-state index contributed by atoms with van der Waals surface area (Å²) in [5.41, 5.74) is 0. The Morgan fingerprint density at radius 2 is 0.486 bits per heavy atom. The molecule has 0 amide bonds. The molecule has 0 heterocycles. The minimum absolute atomic E-state index is 0.106. The van der Waals surface area contributed by atoms with E-state index in [1.54, 1.807) is 0 Å². The van der Waals surface area contributed by atoms with E-state index in [0.29, 0.717) is 25.7 Å². The first-order valence-electron chi connectivity index (χ1n) is 44.5. The summed E-state index contributed by atoms with van der Waals surface area (Å²) in [5.74, 6) is -0.473. The smallest absolute Gasteiger partial charge is 0.462 e. The highest BCUT2D eigenvalue weighted by molar-refractivity contribution is 7.47. The van der Waals surface area contributed by atoms with Gasteiger partial charge in [-0.1, -0.05) is 408 Å². The van der Waals surface area contributed by atoms with E-state index in [-0.39, 0.29) is 25.7 Å². The Morgan fingerprint density at radius 3 is 0.724 bits per heavy atom. The summed E-state index contributed by atoms with van der Waals surface area (Å²) in [6.45, 7) is 9.68. The van der Waals surface area contributed by atoms with Gasteiger partial charge in [0.25, 0.3) is 0 Å². The second kappa shape index (κ2) is 77.4. The van der Waals surface area contributed by atoms with Gasteiger partial charge in [-0.2, -0.15) is 0 Å². The van der Waals surface area contributed by atoms with Gasteiger partial charge in [0.2, 0.25) is 0 Å². The molecule has 105 heavy (non-hydrogen) atoms. The van der Waals surface area contributed by atoms with Crippen molar-refractivity contribution in [2.75, 3.05) is 39.6 Å². The topological polar surface area (TPSA) is 237 Å². The zero-order valence-electron chi connectivity index (χ0n) is 69.0. The second-order valence-corrected chi connectivity index (χ2v) is 34.6. The van der Waals surface area contributed by atoms with Crippen molar-refractivity contribution >= 4 is 39.5 Å². The van der Waals surface area contributed by atoms with Crippen molar-refractivity contribution in [3.63, 3.8) is 0 Å². The SMILES string of the molecule is CCCCCCCCCCCCCCCCCCCCCCCCC(=O)OC[C@H](COP(=O)(O)OC[C@@H](O)COP(=O)(O)OC[C@@H](COC(=O)CCCCCCCCC)OC(=O)CCCCCCCCCCCCCC(C)C)OC(=O)CCCCCCCCCCCCCCCCCCCCC(C)CC. The van der Waals surface area contributed by atoms with Crippen LogP contribution in [0.4, 0.5) is 0 Å². The fourth-order valence-electron chi connectivity index (χ4n) is 13.4. The molecule has 0 aliphatic heterocycles. The van der Waals surface area contributed by atoms with Gasteiger partial charge in [0.05, 0.1) is 26.4 Å². The van der Waals surface area contributed by atoms with Crippen LogP contribution in [0.5, 0.6) is 0 Å². The maximum Gasteiger partial charge on any atom is 0.472 e. The molecule has 0 radical (unpaired) electrons. The number of carbonyl (C=O) groups excluding carboxylic acids is 4. The third-order valence-electron chi connectivity index (χ3n) is 20.6. The molecule has 3 N–H and O–H groups in total. The summed E-state index contributed by atoms with van der Waals surface area (Å²) < 4.78 is 68.7. The van der Waals surface area contributed by atoms with E-state index in [0.717, 1.165) is 115 Å². The Hall–Kier alpha value is -1.94. The fourth-order valence-corrected chi connectivity index (χ4v) is 15.0. The average molecular weight is 1540 g/mol. The van der Waals surface area contributed by atoms with Crippen LogP contribution in [0, 0.1) is 11.8 Å². The van der Waals surface area contributed by atoms with Crippen molar-refractivity contribution in [1.29, 1.82) is 0 Å². The highest BCUT2D eigenvalue weighted by atomic mass is 31.2. The van der Waals surface area contributed by atoms with Crippen molar-refractivity contribution in [3.8, 4) is 0 Å². The summed E-state index contributed by atoms with van der Waals surface area (Å²) >= 11 is 0. The van der Waals surface area contributed by atoms with E-state index in [2.05, 4.69) is 41.5 Å². The van der Waals surface area contributed by atoms with Crippen LogP contribution in [0.2, 0.25) is 0 Å². The standard InChI is InChI=1S/C86H168O17P2/c1-7-10-12-14-16-17-18-19-20-21-22-23-24-25-29-32-35-40-45-51-57-63-69-84(89)97-75-82(103-85(90)70-64-58-52-46-41-36-33-30-27-26-28-31-34-39-44-50-55-61-67-79(6)9-3)77-101-105(94,95)99-73-80(87)72-98-104(92,93)100-76-81(74-96-83(88)68-62-56-48-15-13-11-8-2)102-86(91)71-65-59-53-47-42-37-38-43-49-54-60-66-78(4)5/h78-82,87H,7-77H2,1-6H3,(H,92,93)(H,94,95)/t79?,80-,81+,82+/m0/s1. The van der Waals surface area contributed by atoms with Gasteiger partial charge in [-0.15, -0.1) is 0 Å². The summed E-state index contributed by atoms with van der Waals surface area (Å²) in [5, 5.41) is 10.6. The average Bonchev–Trinajstić information content (AvgIpc) is 0.923. The minimum atomic E-state index is -4.96. The fraction of sp³-hybridized carbons (Fsp3) is 0.953. The molecule has 0 saturated heterocycles. The quantitative estimate of drug-likeness (QED) is 0.0222. The number of esters is 4. The molecule has 0 bridgehead atoms. The Morgan fingerprint density at radius 1 is 0.276 bits per heavy atom. The molecule has 19 heteroatoms. The van der Waals surface area contributed by atoms with E-state index < -0.39 is 97.5 Å². The summed E-state index contributed by atoms with van der Waals surface area (Å²) in [7, 11) is -9.92. The van der Waals surface area contributed by atoms with Gasteiger partial charge in [0.1, 0.15) is 19.3 Å². The minimum Gasteiger partial charge on any atom is -0.462 e. The highest BCUT2D eigenvalue weighted by Gasteiger charge is 2.30. The molecule has 6 atom stereocenters.